The molecule has 0 fully saturated rings. The summed E-state index contributed by atoms with van der Waals surface area (Å²) in [6.45, 7) is 9.57. The van der Waals surface area contributed by atoms with Gasteiger partial charge in [-0.3, -0.25) is 9.97 Å². The van der Waals surface area contributed by atoms with Crippen LogP contribution in [0, 0.1) is 0 Å². The van der Waals surface area contributed by atoms with Gasteiger partial charge in [0.25, 0.3) is 0 Å². The van der Waals surface area contributed by atoms with Crippen LogP contribution in [0.2, 0.25) is 26.2 Å². The van der Waals surface area contributed by atoms with E-state index in [1.807, 2.05) is 0 Å². The van der Waals surface area contributed by atoms with Crippen LogP contribution in [0.5, 0.6) is 0 Å². The van der Waals surface area contributed by atoms with Gasteiger partial charge in [0.15, 0.2) is 0 Å². The topological polar surface area (TPSA) is 29.0 Å². The average molecular weight is 668 g/mol. The van der Waals surface area contributed by atoms with E-state index in [0.29, 0.717) is 0 Å². The molecular formula is C44H41N3Si2. The van der Waals surface area contributed by atoms with Crippen molar-refractivity contribution in [1.82, 2.24) is 9.97 Å². The molecule has 2 aromatic heterocycles. The first-order chi connectivity index (χ1) is 23.8. The maximum atomic E-state index is 4.99. The van der Waals surface area contributed by atoms with Gasteiger partial charge in [-0.1, -0.05) is 152 Å². The fourth-order valence-corrected chi connectivity index (χ4v) is 11.0. The quantitative estimate of drug-likeness (QED) is 0.144. The summed E-state index contributed by atoms with van der Waals surface area (Å²) in [4.78, 5) is 12.3. The lowest BCUT2D eigenvalue weighted by molar-refractivity contribution is 1.27. The molecule has 2 heterocycles. The molecule has 7 aromatic rings. The molecule has 0 saturated carbocycles. The van der Waals surface area contributed by atoms with Crippen molar-refractivity contribution < 1.29 is 0 Å². The van der Waals surface area contributed by atoms with Gasteiger partial charge in [-0.2, -0.15) is 0 Å². The monoisotopic (exact) mass is 667 g/mol. The number of rotatable bonds is 9. The predicted octanol–water partition coefficient (Wildman–Crippen LogP) is 8.93. The predicted molar refractivity (Wildman–Crippen MR) is 214 cm³/mol. The smallest absolute Gasteiger partial charge is 0.114 e. The minimum atomic E-state index is -1.83. The highest BCUT2D eigenvalue weighted by molar-refractivity contribution is 7.00. The second kappa shape index (κ2) is 13.6. The molecular weight excluding hydrogens is 627 g/mol. The zero-order chi connectivity index (χ0) is 33.8. The summed E-state index contributed by atoms with van der Waals surface area (Å²) < 4.78 is 0. The number of nitrogens with zero attached hydrogens (tertiary/aromatic N) is 3. The van der Waals surface area contributed by atoms with Gasteiger partial charge in [-0.05, 0) is 58.9 Å². The summed E-state index contributed by atoms with van der Waals surface area (Å²) in [6.07, 6.45) is 4.17. The Kier molecular flexibility index (Phi) is 8.96. The van der Waals surface area contributed by atoms with Crippen molar-refractivity contribution in [2.75, 3.05) is 4.90 Å². The third kappa shape index (κ3) is 6.68. The van der Waals surface area contributed by atoms with Crippen LogP contribution in [-0.2, 0) is 0 Å². The van der Waals surface area contributed by atoms with Gasteiger partial charge in [-0.25, -0.2) is 0 Å². The summed E-state index contributed by atoms with van der Waals surface area (Å²) in [5.74, 6) is 0. The molecule has 7 rings (SSSR count). The number of hydrogen-bond donors (Lipinski definition) is 0. The third-order valence-corrected chi connectivity index (χ3v) is 16.8. The van der Waals surface area contributed by atoms with Crippen LogP contribution in [0.4, 0.5) is 17.1 Å². The van der Waals surface area contributed by atoms with Gasteiger partial charge in [0.05, 0.1) is 11.4 Å². The van der Waals surface area contributed by atoms with E-state index in [4.69, 9.17) is 9.97 Å². The summed E-state index contributed by atoms with van der Waals surface area (Å²) in [5.41, 5.74) is 7.35. The molecule has 240 valence electrons. The van der Waals surface area contributed by atoms with Gasteiger partial charge in [0, 0.05) is 40.6 Å². The Morgan fingerprint density at radius 1 is 0.367 bits per heavy atom. The molecule has 0 aliphatic carbocycles. The molecule has 0 saturated heterocycles. The lowest BCUT2D eigenvalue weighted by Crippen LogP contribution is -2.52. The van der Waals surface area contributed by atoms with E-state index >= 15 is 0 Å². The standard InChI is InChI=1S/C44H41N3Si2/c1-48(2,39-22-10-6-11-23-39)41-26-28-43(45-32-41)34-16-14-20-37(30-34)47(36-18-8-5-9-19-36)38-21-15-17-35(31-38)44-29-27-42(33-46-44)49(3,4)40-24-12-7-13-25-40/h5-33H,1-4H3. The van der Waals surface area contributed by atoms with E-state index in [9.17, 15) is 0 Å². The summed E-state index contributed by atoms with van der Waals surface area (Å²) in [6, 6.07) is 58.5. The minimum Gasteiger partial charge on any atom is -0.310 e. The van der Waals surface area contributed by atoms with Crippen LogP contribution in [0.1, 0.15) is 0 Å². The second-order valence-corrected chi connectivity index (χ2v) is 22.4. The fourth-order valence-electron chi connectivity index (χ4n) is 6.54. The molecule has 0 atom stereocenters. The first-order valence-electron chi connectivity index (χ1n) is 16.9. The van der Waals surface area contributed by atoms with Gasteiger partial charge in [0.1, 0.15) is 16.1 Å². The molecule has 0 amide bonds. The molecule has 0 spiro atoms. The van der Waals surface area contributed by atoms with E-state index in [1.165, 1.54) is 20.7 Å². The maximum Gasteiger partial charge on any atom is 0.114 e. The molecule has 5 heteroatoms. The molecule has 0 aliphatic heterocycles. The highest BCUT2D eigenvalue weighted by Crippen LogP contribution is 2.37. The Morgan fingerprint density at radius 2 is 0.755 bits per heavy atom. The van der Waals surface area contributed by atoms with E-state index in [2.05, 4.69) is 207 Å². The van der Waals surface area contributed by atoms with Crippen LogP contribution in [0.15, 0.2) is 176 Å². The zero-order valence-corrected chi connectivity index (χ0v) is 30.6. The summed E-state index contributed by atoms with van der Waals surface area (Å²) in [7, 11) is -3.66. The minimum absolute atomic E-state index is 0.969. The van der Waals surface area contributed by atoms with Crippen molar-refractivity contribution in [3.05, 3.63) is 176 Å². The van der Waals surface area contributed by atoms with E-state index in [-0.39, 0.29) is 0 Å². The van der Waals surface area contributed by atoms with Gasteiger partial charge in [-0.15, -0.1) is 0 Å². The van der Waals surface area contributed by atoms with Crippen molar-refractivity contribution in [3.8, 4) is 22.5 Å². The number of para-hydroxylation sites is 1. The second-order valence-electron chi connectivity index (χ2n) is 13.6. The van der Waals surface area contributed by atoms with Crippen molar-refractivity contribution in [2.45, 2.75) is 26.2 Å². The Balaban J connectivity index is 1.21. The Labute approximate surface area is 292 Å². The molecule has 0 unspecified atom stereocenters. The molecule has 5 aromatic carbocycles. The number of anilines is 3. The zero-order valence-electron chi connectivity index (χ0n) is 28.6. The highest BCUT2D eigenvalue weighted by Gasteiger charge is 2.27. The molecule has 3 nitrogen and oxygen atoms in total. The fraction of sp³-hybridized carbons (Fsp3) is 0.0909. The van der Waals surface area contributed by atoms with Crippen molar-refractivity contribution in [3.63, 3.8) is 0 Å². The van der Waals surface area contributed by atoms with Gasteiger partial charge >= 0.3 is 0 Å². The molecule has 0 N–H and O–H groups in total. The van der Waals surface area contributed by atoms with Gasteiger partial charge in [0.2, 0.25) is 0 Å². The first-order valence-corrected chi connectivity index (χ1v) is 22.9. The first kappa shape index (κ1) is 32.2. The molecule has 0 aliphatic rings. The third-order valence-electron chi connectivity index (χ3n) is 9.78. The summed E-state index contributed by atoms with van der Waals surface area (Å²) >= 11 is 0. The summed E-state index contributed by atoms with van der Waals surface area (Å²) in [5, 5.41) is 5.48. The number of aromatic nitrogens is 2. The van der Waals surface area contributed by atoms with Crippen molar-refractivity contribution in [1.29, 1.82) is 0 Å². The largest absolute Gasteiger partial charge is 0.310 e. The number of benzene rings is 5. The lowest BCUT2D eigenvalue weighted by Gasteiger charge is -2.26. The van der Waals surface area contributed by atoms with E-state index in [0.717, 1.165) is 39.6 Å². The Morgan fingerprint density at radius 3 is 1.14 bits per heavy atom. The molecule has 0 radical (unpaired) electrons. The number of pyridine rings is 2. The maximum absolute atomic E-state index is 4.99. The van der Waals surface area contributed by atoms with Crippen LogP contribution in [-0.4, -0.2) is 26.1 Å². The van der Waals surface area contributed by atoms with Crippen LogP contribution in [0.25, 0.3) is 22.5 Å². The molecule has 49 heavy (non-hydrogen) atoms. The Bertz CT molecular complexity index is 2010. The highest BCUT2D eigenvalue weighted by atomic mass is 28.3. The van der Waals surface area contributed by atoms with Crippen molar-refractivity contribution in [2.24, 2.45) is 0 Å². The van der Waals surface area contributed by atoms with Crippen molar-refractivity contribution >= 4 is 54.0 Å². The normalized spacial score (nSPS) is 11.7. The van der Waals surface area contributed by atoms with Crippen LogP contribution < -0.4 is 25.6 Å². The average Bonchev–Trinajstić information content (AvgIpc) is 3.16. The van der Waals surface area contributed by atoms with Crippen LogP contribution in [0.3, 0.4) is 0 Å². The SMILES string of the molecule is C[Si](C)(c1ccccc1)c1ccc(-c2cccc(N(c3ccccc3)c3cccc(-c4ccc([Si](C)(C)c5ccccc5)cn4)c3)c2)nc1. The molecule has 0 bridgehead atoms. The lowest BCUT2D eigenvalue weighted by atomic mass is 10.1. The Hall–Kier alpha value is -5.37. The number of hydrogen-bond acceptors (Lipinski definition) is 3. The van der Waals surface area contributed by atoms with E-state index < -0.39 is 16.1 Å². The van der Waals surface area contributed by atoms with E-state index in [1.54, 1.807) is 0 Å². The van der Waals surface area contributed by atoms with Crippen LogP contribution >= 0.6 is 0 Å². The van der Waals surface area contributed by atoms with Gasteiger partial charge < -0.3 is 4.90 Å².